The first-order chi connectivity index (χ1) is 13.2. The Morgan fingerprint density at radius 2 is 1.70 bits per heavy atom. The third-order valence-electron chi connectivity index (χ3n) is 5.54. The van der Waals surface area contributed by atoms with Crippen molar-refractivity contribution >= 4 is 5.91 Å². The molecule has 3 aromatic rings. The fourth-order valence-corrected chi connectivity index (χ4v) is 4.16. The van der Waals surface area contributed by atoms with E-state index >= 15 is 0 Å². The van der Waals surface area contributed by atoms with Crippen LogP contribution >= 0.6 is 0 Å². The molecule has 0 fully saturated rings. The number of hydrogen-bond acceptors (Lipinski definition) is 2. The average Bonchev–Trinajstić information content (AvgIpc) is 3.13. The number of fused-ring (bicyclic) bond motifs is 1. The molecule has 0 saturated carbocycles. The second-order valence-corrected chi connectivity index (χ2v) is 7.10. The van der Waals surface area contributed by atoms with Crippen LogP contribution in [0.4, 0.5) is 0 Å². The van der Waals surface area contributed by atoms with E-state index in [4.69, 9.17) is 0 Å². The SMILES string of the molecule is Cn1cccc1[C@@H]1[C@@H](CO)c2ccccc2C(=O)N1CCc1ccccc1. The zero-order valence-corrected chi connectivity index (χ0v) is 15.5. The number of aliphatic hydroxyl groups excluding tert-OH is 1. The van der Waals surface area contributed by atoms with Crippen LogP contribution in [0.15, 0.2) is 72.9 Å². The molecular weight excluding hydrogens is 336 g/mol. The highest BCUT2D eigenvalue weighted by molar-refractivity contribution is 5.97. The monoisotopic (exact) mass is 360 g/mol. The van der Waals surface area contributed by atoms with Gasteiger partial charge in [0, 0.05) is 37.0 Å². The smallest absolute Gasteiger partial charge is 0.254 e. The molecule has 2 aromatic carbocycles. The molecule has 0 bridgehead atoms. The number of benzene rings is 2. The first-order valence-corrected chi connectivity index (χ1v) is 9.36. The van der Waals surface area contributed by atoms with Gasteiger partial charge in [-0.3, -0.25) is 4.79 Å². The van der Waals surface area contributed by atoms with Crippen molar-refractivity contribution in [1.82, 2.24) is 9.47 Å². The third kappa shape index (κ3) is 3.17. The van der Waals surface area contributed by atoms with Crippen LogP contribution in [0.5, 0.6) is 0 Å². The van der Waals surface area contributed by atoms with Crippen LogP contribution in [0.2, 0.25) is 0 Å². The molecule has 0 aliphatic carbocycles. The summed E-state index contributed by atoms with van der Waals surface area (Å²) in [4.78, 5) is 15.3. The van der Waals surface area contributed by atoms with Gasteiger partial charge in [0.2, 0.25) is 0 Å². The molecule has 2 atom stereocenters. The summed E-state index contributed by atoms with van der Waals surface area (Å²) in [6, 6.07) is 21.7. The maximum absolute atomic E-state index is 13.4. The zero-order valence-electron chi connectivity index (χ0n) is 15.5. The fraction of sp³-hybridized carbons (Fsp3) is 0.261. The lowest BCUT2D eigenvalue weighted by Crippen LogP contribution is -2.45. The summed E-state index contributed by atoms with van der Waals surface area (Å²) in [6.45, 7) is 0.617. The molecule has 4 heteroatoms. The van der Waals surface area contributed by atoms with Crippen molar-refractivity contribution in [2.24, 2.45) is 7.05 Å². The Kier molecular flexibility index (Phi) is 4.82. The van der Waals surface area contributed by atoms with E-state index in [1.54, 1.807) is 0 Å². The Balaban J connectivity index is 1.75. The Labute approximate surface area is 159 Å². The average molecular weight is 360 g/mol. The summed E-state index contributed by atoms with van der Waals surface area (Å²) in [5, 5.41) is 10.2. The van der Waals surface area contributed by atoms with Crippen LogP contribution in [0.1, 0.15) is 39.1 Å². The molecule has 138 valence electrons. The van der Waals surface area contributed by atoms with Gasteiger partial charge in [0.25, 0.3) is 5.91 Å². The van der Waals surface area contributed by atoms with Crippen LogP contribution in [-0.4, -0.2) is 33.6 Å². The van der Waals surface area contributed by atoms with Crippen molar-refractivity contribution in [2.45, 2.75) is 18.4 Å². The standard InChI is InChI=1S/C23H24N2O2/c1-24-14-7-12-21(24)22-20(16-26)18-10-5-6-11-19(18)23(27)25(22)15-13-17-8-3-2-4-9-17/h2-12,14,20,22,26H,13,15-16H2,1H3/t20-,22-/m0/s1. The van der Waals surface area contributed by atoms with Gasteiger partial charge in [-0.15, -0.1) is 0 Å². The van der Waals surface area contributed by atoms with Crippen molar-refractivity contribution < 1.29 is 9.90 Å². The summed E-state index contributed by atoms with van der Waals surface area (Å²) in [7, 11) is 1.99. The largest absolute Gasteiger partial charge is 0.396 e. The lowest BCUT2D eigenvalue weighted by atomic mass is 9.81. The second kappa shape index (κ2) is 7.41. The van der Waals surface area contributed by atoms with Crippen LogP contribution in [0.25, 0.3) is 0 Å². The van der Waals surface area contributed by atoms with Gasteiger partial charge < -0.3 is 14.6 Å². The predicted molar refractivity (Wildman–Crippen MR) is 106 cm³/mol. The number of aromatic nitrogens is 1. The van der Waals surface area contributed by atoms with Crippen LogP contribution in [0, 0.1) is 0 Å². The lowest BCUT2D eigenvalue weighted by Gasteiger charge is -2.42. The van der Waals surface area contributed by atoms with Crippen LogP contribution in [0.3, 0.4) is 0 Å². The summed E-state index contributed by atoms with van der Waals surface area (Å²) >= 11 is 0. The Morgan fingerprint density at radius 1 is 0.963 bits per heavy atom. The van der Waals surface area contributed by atoms with E-state index in [-0.39, 0.29) is 24.5 Å². The predicted octanol–water partition coefficient (Wildman–Crippen LogP) is 3.54. The Bertz CT molecular complexity index is 932. The molecule has 1 aliphatic heterocycles. The molecular formula is C23H24N2O2. The lowest BCUT2D eigenvalue weighted by molar-refractivity contribution is 0.0555. The van der Waals surface area contributed by atoms with Crippen molar-refractivity contribution in [3.8, 4) is 0 Å². The molecule has 1 aliphatic rings. The molecule has 1 aromatic heterocycles. The first-order valence-electron chi connectivity index (χ1n) is 9.36. The van der Waals surface area contributed by atoms with Gasteiger partial charge in [0.1, 0.15) is 0 Å². The van der Waals surface area contributed by atoms with E-state index in [1.165, 1.54) is 5.56 Å². The number of amides is 1. The van der Waals surface area contributed by atoms with Gasteiger partial charge in [-0.2, -0.15) is 0 Å². The number of rotatable bonds is 5. The minimum Gasteiger partial charge on any atom is -0.396 e. The molecule has 4 rings (SSSR count). The quantitative estimate of drug-likeness (QED) is 0.756. The molecule has 0 spiro atoms. The number of carbonyl (C=O) groups excluding carboxylic acids is 1. The highest BCUT2D eigenvalue weighted by atomic mass is 16.3. The molecule has 0 unspecified atom stereocenters. The summed E-state index contributed by atoms with van der Waals surface area (Å²) in [5.74, 6) is -0.0966. The Hall–Kier alpha value is -2.85. The fourth-order valence-electron chi connectivity index (χ4n) is 4.16. The molecule has 2 heterocycles. The topological polar surface area (TPSA) is 45.5 Å². The number of hydrogen-bond donors (Lipinski definition) is 1. The minimum atomic E-state index is -0.180. The molecule has 0 saturated heterocycles. The van der Waals surface area contributed by atoms with E-state index in [1.807, 2.05) is 77.3 Å². The van der Waals surface area contributed by atoms with Crippen molar-refractivity contribution in [2.75, 3.05) is 13.2 Å². The Morgan fingerprint density at radius 3 is 2.41 bits per heavy atom. The maximum Gasteiger partial charge on any atom is 0.254 e. The van der Waals surface area contributed by atoms with Crippen LogP contribution in [-0.2, 0) is 13.5 Å². The molecule has 1 N–H and O–H groups in total. The number of aliphatic hydroxyl groups is 1. The highest BCUT2D eigenvalue weighted by Crippen LogP contribution is 2.42. The van der Waals surface area contributed by atoms with Crippen LogP contribution < -0.4 is 0 Å². The molecule has 0 radical (unpaired) electrons. The van der Waals surface area contributed by atoms with E-state index < -0.39 is 0 Å². The second-order valence-electron chi connectivity index (χ2n) is 7.10. The third-order valence-corrected chi connectivity index (χ3v) is 5.54. The number of carbonyl (C=O) groups is 1. The van der Waals surface area contributed by atoms with Crippen molar-refractivity contribution in [1.29, 1.82) is 0 Å². The van der Waals surface area contributed by atoms with Gasteiger partial charge >= 0.3 is 0 Å². The molecule has 1 amide bonds. The maximum atomic E-state index is 13.4. The molecule has 4 nitrogen and oxygen atoms in total. The van der Waals surface area contributed by atoms with Gasteiger partial charge in [0.05, 0.1) is 12.6 Å². The van der Waals surface area contributed by atoms with E-state index in [9.17, 15) is 9.90 Å². The summed E-state index contributed by atoms with van der Waals surface area (Å²) in [6.07, 6.45) is 2.78. The van der Waals surface area contributed by atoms with Gasteiger partial charge in [-0.05, 0) is 35.7 Å². The summed E-state index contributed by atoms with van der Waals surface area (Å²) in [5.41, 5.74) is 3.89. The molecule has 27 heavy (non-hydrogen) atoms. The van der Waals surface area contributed by atoms with Gasteiger partial charge in [-0.25, -0.2) is 0 Å². The van der Waals surface area contributed by atoms with Gasteiger partial charge in [0.15, 0.2) is 0 Å². The number of nitrogens with zero attached hydrogens (tertiary/aromatic N) is 2. The summed E-state index contributed by atoms with van der Waals surface area (Å²) < 4.78 is 2.05. The minimum absolute atomic E-state index is 0.00196. The van der Waals surface area contributed by atoms with E-state index in [0.29, 0.717) is 12.1 Å². The first kappa shape index (κ1) is 17.6. The van der Waals surface area contributed by atoms with Crippen molar-refractivity contribution in [3.63, 3.8) is 0 Å². The van der Waals surface area contributed by atoms with E-state index in [0.717, 1.165) is 17.7 Å². The number of aryl methyl sites for hydroxylation is 1. The van der Waals surface area contributed by atoms with Crippen molar-refractivity contribution in [3.05, 3.63) is 95.3 Å². The van der Waals surface area contributed by atoms with Gasteiger partial charge in [-0.1, -0.05) is 48.5 Å². The zero-order chi connectivity index (χ0) is 18.8. The normalized spacial score (nSPS) is 19.2. The van der Waals surface area contributed by atoms with E-state index in [2.05, 4.69) is 12.1 Å². The highest BCUT2D eigenvalue weighted by Gasteiger charge is 2.40.